The van der Waals surface area contributed by atoms with E-state index in [0.29, 0.717) is 30.8 Å². The highest BCUT2D eigenvalue weighted by Gasteiger charge is 2.45. The number of fused-ring (bicyclic) bond motifs is 32. The summed E-state index contributed by atoms with van der Waals surface area (Å²) in [6.07, 6.45) is 12.1. The maximum atomic E-state index is 2.51. The number of hydrogen-bond acceptors (Lipinski definition) is 11. The number of thiophene rings is 1. The summed E-state index contributed by atoms with van der Waals surface area (Å²) in [5, 5.41) is 28.6. The van der Waals surface area contributed by atoms with Crippen molar-refractivity contribution in [2.45, 2.75) is 76.8 Å². The van der Waals surface area contributed by atoms with E-state index in [2.05, 4.69) is 400 Å². The number of likely N-dealkylation sites (N-methyl/N-ethyl adjacent to an activating group) is 5. The van der Waals surface area contributed by atoms with Crippen LogP contribution in [0, 0.1) is 0 Å². The summed E-state index contributed by atoms with van der Waals surface area (Å²) in [6.45, 7) is 4.37. The van der Waals surface area contributed by atoms with Gasteiger partial charge < -0.3 is 49.0 Å². The summed E-state index contributed by atoms with van der Waals surface area (Å²) in [6, 6.07) is 103. The largest absolute Gasteiger partial charge is 0.356 e. The zero-order chi connectivity index (χ0) is 76.0. The molecular formula is C103H86N10S. The Morgan fingerprint density at radius 3 is 0.982 bits per heavy atom. The number of allylic oxidation sites excluding steroid dienone is 2. The molecule has 0 bridgehead atoms. The molecule has 10 nitrogen and oxygen atoms in total. The fraction of sp³-hybridized carbons (Fsp3) is 0.165. The molecule has 11 heterocycles. The standard InChI is InChI=1S/2C23H18N2.2C20H18N2.C17H14N2S/c1-24-20-8-4-5-9-21(20)25-22-13-18-11-16-7-3-2-6-15(16)10-17(18)12-19(22)14-23(24)25;1-24-21-8-4-5-9-22(21)25-20-11-10-17-12-15-6-2-3-7-16(15)13-18(17)19(20)14-23(24)25;1-13-12-22-19-10-17-8-15-6-4-3-5-14(15)7-16(17)9-18(19)11-20(22)21(13)2;1-13-12-22-19-8-7-16-9-14-5-3-4-6-15(14)10-17(16)18(19)11-20(22)21(13)2;1-18-14-4-2-3-5-15(14)19-16-7-13-10-20-9-12(13)6-11(16)8-17(18)19/h2*2-13,23H,14H2,1H3;2*3-10,12,20H,11H2,1-2H3;2-7,9-10,17H,8H2,1H3. The molecular weight excluding hydrogens is 1410 g/mol. The monoisotopic (exact) mass is 1490 g/mol. The number of anilines is 11. The molecule has 0 aliphatic carbocycles. The summed E-state index contributed by atoms with van der Waals surface area (Å²) in [7, 11) is 11.0. The highest BCUT2D eigenvalue weighted by atomic mass is 32.1. The Bertz CT molecular complexity index is 6910. The van der Waals surface area contributed by atoms with Gasteiger partial charge in [-0.1, -0.05) is 146 Å². The van der Waals surface area contributed by atoms with E-state index in [1.165, 1.54) is 199 Å². The minimum atomic E-state index is 0.393. The SMILES string of the molecule is CC1=CN2c3cc4cc5ccccc5cc4cc3CC2N1C.CC1=CN2c3ccc4cc5ccccc5cc4c3CC2N1C.CN1c2ccccc2N2c3cc4cc5ccccc5cc4cc3CC12.CN1c2ccccc2N2c3cc4cscc4cc3CC12.CN1c2ccccc2N2c3ccc4cc5ccccc5cc4c3CC12. The minimum Gasteiger partial charge on any atom is -0.356 e. The molecule has 16 aromatic carbocycles. The summed E-state index contributed by atoms with van der Waals surface area (Å²) >= 11 is 1.79. The number of hydrogen-bond donors (Lipinski definition) is 0. The molecule has 0 saturated carbocycles. The quantitative estimate of drug-likeness (QED) is 0.137. The van der Waals surface area contributed by atoms with Crippen molar-refractivity contribution in [3.05, 3.63) is 341 Å². The van der Waals surface area contributed by atoms with Crippen molar-refractivity contribution in [2.24, 2.45) is 0 Å². The van der Waals surface area contributed by atoms with Gasteiger partial charge in [0, 0.05) is 120 Å². The lowest BCUT2D eigenvalue weighted by Crippen LogP contribution is -2.35. The van der Waals surface area contributed by atoms with Crippen LogP contribution in [0.25, 0.3) is 97.0 Å². The van der Waals surface area contributed by atoms with Gasteiger partial charge in [-0.05, 0) is 283 Å². The van der Waals surface area contributed by atoms with Crippen molar-refractivity contribution in [1.82, 2.24) is 9.80 Å². The second-order valence-corrected chi connectivity index (χ2v) is 33.7. The lowest BCUT2D eigenvalue weighted by atomic mass is 9.97. The van der Waals surface area contributed by atoms with Gasteiger partial charge in [0.1, 0.15) is 30.8 Å². The van der Waals surface area contributed by atoms with Crippen LogP contribution in [0.2, 0.25) is 0 Å². The highest BCUT2D eigenvalue weighted by molar-refractivity contribution is 7.09. The Labute approximate surface area is 668 Å². The van der Waals surface area contributed by atoms with E-state index in [4.69, 9.17) is 0 Å². The molecule has 11 heteroatoms. The van der Waals surface area contributed by atoms with Crippen LogP contribution >= 0.6 is 11.3 Å². The topological polar surface area (TPSA) is 32.4 Å². The molecule has 5 unspecified atom stereocenters. The molecule has 0 amide bonds. The predicted octanol–water partition coefficient (Wildman–Crippen LogP) is 24.3. The Balaban J connectivity index is 0.0000000847. The van der Waals surface area contributed by atoms with Gasteiger partial charge in [-0.3, -0.25) is 0 Å². The smallest absolute Gasteiger partial charge is 0.110 e. The van der Waals surface area contributed by atoms with Gasteiger partial charge >= 0.3 is 0 Å². The summed E-state index contributed by atoms with van der Waals surface area (Å²) in [5.41, 5.74) is 24.9. The van der Waals surface area contributed by atoms with Gasteiger partial charge in [-0.25, -0.2) is 0 Å². The number of benzene rings is 16. The van der Waals surface area contributed by atoms with Crippen molar-refractivity contribution in [3.63, 3.8) is 0 Å². The molecule has 27 rings (SSSR count). The van der Waals surface area contributed by atoms with Crippen LogP contribution in [0.15, 0.2) is 314 Å². The van der Waals surface area contributed by atoms with Crippen molar-refractivity contribution in [3.8, 4) is 0 Å². The lowest BCUT2D eigenvalue weighted by Gasteiger charge is -2.24. The van der Waals surface area contributed by atoms with Crippen LogP contribution in [-0.4, -0.2) is 75.9 Å². The second kappa shape index (κ2) is 25.5. The van der Waals surface area contributed by atoms with Crippen LogP contribution in [0.5, 0.6) is 0 Å². The summed E-state index contributed by atoms with van der Waals surface area (Å²) in [5.74, 6) is 0. The average Bonchev–Trinajstić information content (AvgIpc) is 1.57. The van der Waals surface area contributed by atoms with Gasteiger partial charge in [-0.2, -0.15) is 11.3 Å². The first-order valence-corrected chi connectivity index (χ1v) is 41.3. The third-order valence-electron chi connectivity index (χ3n) is 26.8. The third kappa shape index (κ3) is 10.3. The van der Waals surface area contributed by atoms with E-state index >= 15 is 0 Å². The maximum Gasteiger partial charge on any atom is 0.110 e. The van der Waals surface area contributed by atoms with E-state index in [1.54, 1.807) is 11.3 Å². The summed E-state index contributed by atoms with van der Waals surface area (Å²) in [4.78, 5) is 24.4. The Hall–Kier alpha value is -13.0. The Morgan fingerprint density at radius 2 is 0.526 bits per heavy atom. The minimum absolute atomic E-state index is 0.393. The van der Waals surface area contributed by atoms with E-state index in [1.807, 2.05) is 0 Å². The van der Waals surface area contributed by atoms with Gasteiger partial charge in [-0.15, -0.1) is 0 Å². The van der Waals surface area contributed by atoms with Crippen molar-refractivity contribution >= 4 is 171 Å². The molecule has 0 saturated heterocycles. The first-order chi connectivity index (χ1) is 55.9. The van der Waals surface area contributed by atoms with Gasteiger partial charge in [0.05, 0.1) is 34.1 Å². The van der Waals surface area contributed by atoms with Crippen LogP contribution in [0.4, 0.5) is 62.6 Å². The lowest BCUT2D eigenvalue weighted by molar-refractivity contribution is 0.344. The molecule has 1 aromatic heterocycles. The molecule has 10 aliphatic heterocycles. The highest BCUT2D eigenvalue weighted by Crippen LogP contribution is 2.55. The van der Waals surface area contributed by atoms with E-state index < -0.39 is 0 Å². The predicted molar refractivity (Wildman–Crippen MR) is 484 cm³/mol. The Kier molecular flexibility index (Phi) is 15.0. The zero-order valence-corrected chi connectivity index (χ0v) is 66.0. The number of nitrogens with zero attached hydrogens (tertiary/aromatic N) is 10. The molecule has 0 fully saturated rings. The van der Waals surface area contributed by atoms with Crippen LogP contribution in [0.1, 0.15) is 41.7 Å². The molecule has 17 aromatic rings. The van der Waals surface area contributed by atoms with Crippen molar-refractivity contribution in [2.75, 3.05) is 74.4 Å². The van der Waals surface area contributed by atoms with Gasteiger partial charge in [0.2, 0.25) is 0 Å². The molecule has 10 aliphatic rings. The van der Waals surface area contributed by atoms with E-state index in [9.17, 15) is 0 Å². The number of para-hydroxylation sites is 6. The second-order valence-electron chi connectivity index (χ2n) is 32.9. The zero-order valence-electron chi connectivity index (χ0n) is 65.2. The molecule has 0 radical (unpaired) electrons. The number of rotatable bonds is 0. The maximum absolute atomic E-state index is 2.51. The van der Waals surface area contributed by atoms with E-state index in [-0.39, 0.29) is 0 Å². The van der Waals surface area contributed by atoms with Gasteiger partial charge in [0.25, 0.3) is 0 Å². The van der Waals surface area contributed by atoms with Crippen molar-refractivity contribution < 1.29 is 0 Å². The molecule has 0 N–H and O–H groups in total. The Morgan fingerprint density at radius 1 is 0.228 bits per heavy atom. The first-order valence-electron chi connectivity index (χ1n) is 40.4. The van der Waals surface area contributed by atoms with E-state index in [0.717, 1.165) is 32.1 Å². The van der Waals surface area contributed by atoms with Crippen LogP contribution in [0.3, 0.4) is 0 Å². The fourth-order valence-corrected chi connectivity index (χ4v) is 21.5. The third-order valence-corrected chi connectivity index (χ3v) is 27.6. The molecule has 114 heavy (non-hydrogen) atoms. The first kappa shape index (κ1) is 66.8. The van der Waals surface area contributed by atoms with Crippen molar-refractivity contribution in [1.29, 1.82) is 0 Å². The molecule has 0 spiro atoms. The fourth-order valence-electron chi connectivity index (χ4n) is 20.7. The normalized spacial score (nSPS) is 18.9. The average molecular weight is 1500 g/mol. The molecule has 5 atom stereocenters. The van der Waals surface area contributed by atoms with Crippen LogP contribution in [-0.2, 0) is 32.1 Å². The van der Waals surface area contributed by atoms with Crippen LogP contribution < -0.4 is 39.2 Å². The molecule has 554 valence electrons. The summed E-state index contributed by atoms with van der Waals surface area (Å²) < 4.78 is 0. The van der Waals surface area contributed by atoms with Gasteiger partial charge in [0.15, 0.2) is 0 Å².